The summed E-state index contributed by atoms with van der Waals surface area (Å²) in [6, 6.07) is 12.3. The molecule has 21 heavy (non-hydrogen) atoms. The molecule has 0 spiro atoms. The number of carbonyl (C=O) groups is 1. The Labute approximate surface area is 129 Å². The smallest absolute Gasteiger partial charge is 0.224 e. The summed E-state index contributed by atoms with van der Waals surface area (Å²) in [7, 11) is 0. The summed E-state index contributed by atoms with van der Waals surface area (Å²) in [5, 5.41) is 5.06. The molecule has 0 atom stereocenters. The average molecular weight is 300 g/mol. The van der Waals surface area contributed by atoms with Crippen LogP contribution in [0.25, 0.3) is 0 Å². The molecule has 0 saturated carbocycles. The summed E-state index contributed by atoms with van der Waals surface area (Å²) in [4.78, 5) is 15.7. The summed E-state index contributed by atoms with van der Waals surface area (Å²) in [6.07, 6.45) is 3.87. The summed E-state index contributed by atoms with van der Waals surface area (Å²) >= 11 is 1.70. The van der Waals surface area contributed by atoms with E-state index in [-0.39, 0.29) is 5.91 Å². The van der Waals surface area contributed by atoms with Gasteiger partial charge in [0.25, 0.3) is 0 Å². The van der Waals surface area contributed by atoms with Crippen LogP contribution in [0.2, 0.25) is 0 Å². The SMILES string of the molecule is O=C(CCc1cccs1)Nc1cccc(N2CCCC2)c1. The number of nitrogens with zero attached hydrogens (tertiary/aromatic N) is 1. The van der Waals surface area contributed by atoms with Gasteiger partial charge in [-0.15, -0.1) is 11.3 Å². The van der Waals surface area contributed by atoms with Gasteiger partial charge in [0, 0.05) is 35.8 Å². The number of benzene rings is 1. The average Bonchev–Trinajstić information content (AvgIpc) is 3.19. The minimum atomic E-state index is 0.0852. The van der Waals surface area contributed by atoms with Gasteiger partial charge in [0.05, 0.1) is 0 Å². The second-order valence-electron chi connectivity index (χ2n) is 5.37. The predicted octanol–water partition coefficient (Wildman–Crippen LogP) is 3.92. The fourth-order valence-electron chi connectivity index (χ4n) is 2.67. The number of nitrogens with one attached hydrogen (secondary N) is 1. The zero-order valence-electron chi connectivity index (χ0n) is 12.0. The molecule has 0 bridgehead atoms. The Balaban J connectivity index is 1.56. The van der Waals surface area contributed by atoms with Crippen molar-refractivity contribution in [1.82, 2.24) is 0 Å². The van der Waals surface area contributed by atoms with Gasteiger partial charge < -0.3 is 10.2 Å². The Hall–Kier alpha value is -1.81. The topological polar surface area (TPSA) is 32.3 Å². The third-order valence-electron chi connectivity index (χ3n) is 3.78. The van der Waals surface area contributed by atoms with Gasteiger partial charge in [-0.05, 0) is 48.9 Å². The highest BCUT2D eigenvalue weighted by atomic mass is 32.1. The first kappa shape index (κ1) is 14.1. The Morgan fingerprint density at radius 1 is 1.19 bits per heavy atom. The first-order valence-electron chi connectivity index (χ1n) is 7.48. The van der Waals surface area contributed by atoms with E-state index < -0.39 is 0 Å². The molecule has 1 saturated heterocycles. The van der Waals surface area contributed by atoms with Gasteiger partial charge >= 0.3 is 0 Å². The number of hydrogen-bond donors (Lipinski definition) is 1. The summed E-state index contributed by atoms with van der Waals surface area (Å²) in [5.41, 5.74) is 2.11. The van der Waals surface area contributed by atoms with Crippen LogP contribution in [0.15, 0.2) is 41.8 Å². The molecule has 3 nitrogen and oxygen atoms in total. The molecular weight excluding hydrogens is 280 g/mol. The van der Waals surface area contributed by atoms with Crippen molar-refractivity contribution in [3.63, 3.8) is 0 Å². The van der Waals surface area contributed by atoms with Crippen molar-refractivity contribution >= 4 is 28.6 Å². The van der Waals surface area contributed by atoms with Gasteiger partial charge in [-0.3, -0.25) is 4.79 Å². The van der Waals surface area contributed by atoms with Crippen LogP contribution in [0.5, 0.6) is 0 Å². The van der Waals surface area contributed by atoms with Crippen LogP contribution in [0.3, 0.4) is 0 Å². The quantitative estimate of drug-likeness (QED) is 0.907. The van der Waals surface area contributed by atoms with Crippen LogP contribution in [-0.4, -0.2) is 19.0 Å². The lowest BCUT2D eigenvalue weighted by Crippen LogP contribution is -2.18. The van der Waals surface area contributed by atoms with E-state index in [1.54, 1.807) is 11.3 Å². The highest BCUT2D eigenvalue weighted by molar-refractivity contribution is 7.09. The number of thiophene rings is 1. The normalized spacial score (nSPS) is 14.4. The van der Waals surface area contributed by atoms with Gasteiger partial charge in [-0.1, -0.05) is 12.1 Å². The molecule has 1 aliphatic rings. The van der Waals surface area contributed by atoms with Gasteiger partial charge in [-0.25, -0.2) is 0 Å². The Kier molecular flexibility index (Phi) is 4.55. The Morgan fingerprint density at radius 2 is 2.05 bits per heavy atom. The van der Waals surface area contributed by atoms with Gasteiger partial charge in [0.15, 0.2) is 0 Å². The maximum absolute atomic E-state index is 12.0. The molecule has 1 aromatic carbocycles. The molecule has 2 heterocycles. The maximum atomic E-state index is 12.0. The summed E-state index contributed by atoms with van der Waals surface area (Å²) < 4.78 is 0. The van der Waals surface area contributed by atoms with Crippen LogP contribution >= 0.6 is 11.3 Å². The molecule has 3 rings (SSSR count). The minimum absolute atomic E-state index is 0.0852. The monoisotopic (exact) mass is 300 g/mol. The molecule has 1 N–H and O–H groups in total. The zero-order valence-corrected chi connectivity index (χ0v) is 12.9. The molecule has 1 aliphatic heterocycles. The van der Waals surface area contributed by atoms with E-state index in [0.29, 0.717) is 6.42 Å². The molecule has 0 radical (unpaired) electrons. The molecule has 2 aromatic rings. The third kappa shape index (κ3) is 3.85. The summed E-state index contributed by atoms with van der Waals surface area (Å²) in [6.45, 7) is 2.24. The lowest BCUT2D eigenvalue weighted by Gasteiger charge is -2.18. The standard InChI is InChI=1S/C17H20N2OS/c20-17(9-8-16-7-4-12-21-16)18-14-5-3-6-15(13-14)19-10-1-2-11-19/h3-7,12-13H,1-2,8-11H2,(H,18,20). The highest BCUT2D eigenvalue weighted by Gasteiger charge is 2.12. The number of amides is 1. The van der Waals surface area contributed by atoms with Crippen molar-refractivity contribution in [2.75, 3.05) is 23.3 Å². The van der Waals surface area contributed by atoms with E-state index in [1.165, 1.54) is 23.4 Å². The van der Waals surface area contributed by atoms with Crippen molar-refractivity contribution in [2.24, 2.45) is 0 Å². The lowest BCUT2D eigenvalue weighted by atomic mass is 10.2. The van der Waals surface area contributed by atoms with Gasteiger partial charge in [-0.2, -0.15) is 0 Å². The summed E-state index contributed by atoms with van der Waals surface area (Å²) in [5.74, 6) is 0.0852. The first-order chi connectivity index (χ1) is 10.3. The van der Waals surface area contributed by atoms with Crippen LogP contribution in [-0.2, 0) is 11.2 Å². The van der Waals surface area contributed by atoms with Crippen LogP contribution in [0, 0.1) is 0 Å². The van der Waals surface area contributed by atoms with Crippen LogP contribution in [0.1, 0.15) is 24.1 Å². The van der Waals surface area contributed by atoms with Gasteiger partial charge in [0.2, 0.25) is 5.91 Å². The molecule has 1 fully saturated rings. The number of anilines is 2. The van der Waals surface area contributed by atoms with E-state index >= 15 is 0 Å². The molecule has 1 amide bonds. The molecule has 110 valence electrons. The number of carbonyl (C=O) groups excluding carboxylic acids is 1. The highest BCUT2D eigenvalue weighted by Crippen LogP contribution is 2.23. The van der Waals surface area contributed by atoms with E-state index in [2.05, 4.69) is 28.4 Å². The van der Waals surface area contributed by atoms with E-state index in [1.807, 2.05) is 23.6 Å². The molecule has 4 heteroatoms. The number of aryl methyl sites for hydroxylation is 1. The van der Waals surface area contributed by atoms with E-state index in [0.717, 1.165) is 25.2 Å². The van der Waals surface area contributed by atoms with Crippen LogP contribution in [0.4, 0.5) is 11.4 Å². The molecular formula is C17H20N2OS. The molecule has 0 aliphatic carbocycles. The Morgan fingerprint density at radius 3 is 2.81 bits per heavy atom. The fraction of sp³-hybridized carbons (Fsp3) is 0.353. The first-order valence-corrected chi connectivity index (χ1v) is 8.36. The van der Waals surface area contributed by atoms with Crippen molar-refractivity contribution < 1.29 is 4.79 Å². The second kappa shape index (κ2) is 6.76. The second-order valence-corrected chi connectivity index (χ2v) is 6.40. The minimum Gasteiger partial charge on any atom is -0.371 e. The molecule has 1 aromatic heterocycles. The van der Waals surface area contributed by atoms with Crippen molar-refractivity contribution in [3.8, 4) is 0 Å². The maximum Gasteiger partial charge on any atom is 0.224 e. The van der Waals surface area contributed by atoms with Crippen molar-refractivity contribution in [2.45, 2.75) is 25.7 Å². The van der Waals surface area contributed by atoms with E-state index in [9.17, 15) is 4.79 Å². The van der Waals surface area contributed by atoms with Gasteiger partial charge in [0.1, 0.15) is 0 Å². The number of hydrogen-bond acceptors (Lipinski definition) is 3. The van der Waals surface area contributed by atoms with Crippen molar-refractivity contribution in [1.29, 1.82) is 0 Å². The number of rotatable bonds is 5. The predicted molar refractivity (Wildman–Crippen MR) is 89.2 cm³/mol. The van der Waals surface area contributed by atoms with Crippen molar-refractivity contribution in [3.05, 3.63) is 46.7 Å². The fourth-order valence-corrected chi connectivity index (χ4v) is 3.38. The third-order valence-corrected chi connectivity index (χ3v) is 4.72. The zero-order chi connectivity index (χ0) is 14.5. The Bertz CT molecular complexity index is 589. The molecule has 0 unspecified atom stereocenters. The largest absolute Gasteiger partial charge is 0.371 e. The van der Waals surface area contributed by atoms with Crippen LogP contribution < -0.4 is 10.2 Å². The lowest BCUT2D eigenvalue weighted by molar-refractivity contribution is -0.116. The van der Waals surface area contributed by atoms with E-state index in [4.69, 9.17) is 0 Å².